The highest BCUT2D eigenvalue weighted by Crippen LogP contribution is 2.11. The Morgan fingerprint density at radius 3 is 2.89 bits per heavy atom. The summed E-state index contributed by atoms with van der Waals surface area (Å²) in [5.41, 5.74) is 0. The van der Waals surface area contributed by atoms with E-state index in [-0.39, 0.29) is 0 Å². The molecule has 0 unspecified atom stereocenters. The van der Waals surface area contributed by atoms with E-state index in [0.717, 1.165) is 19.5 Å². The third kappa shape index (κ3) is 5.31. The van der Waals surface area contributed by atoms with E-state index in [1.54, 1.807) is 12.3 Å². The van der Waals surface area contributed by atoms with Gasteiger partial charge in [-0.25, -0.2) is 4.98 Å². The van der Waals surface area contributed by atoms with E-state index in [9.17, 15) is 0 Å². The summed E-state index contributed by atoms with van der Waals surface area (Å²) >= 11 is 0. The Balaban J connectivity index is 2.48. The minimum absolute atomic E-state index is 0.499. The van der Waals surface area contributed by atoms with Crippen LogP contribution in [0.5, 0.6) is 5.88 Å². The first-order valence-corrected chi connectivity index (χ1v) is 6.53. The zero-order valence-corrected chi connectivity index (χ0v) is 11.8. The summed E-state index contributed by atoms with van der Waals surface area (Å²) < 4.78 is 5.50. The Morgan fingerprint density at radius 1 is 1.44 bits per heavy atom. The van der Waals surface area contributed by atoms with Gasteiger partial charge < -0.3 is 15.0 Å². The Labute approximate surface area is 110 Å². The van der Waals surface area contributed by atoms with Gasteiger partial charge in [0.2, 0.25) is 11.8 Å². The van der Waals surface area contributed by atoms with E-state index in [0.29, 0.717) is 24.5 Å². The van der Waals surface area contributed by atoms with Crippen molar-refractivity contribution in [3.63, 3.8) is 0 Å². The summed E-state index contributed by atoms with van der Waals surface area (Å²) in [4.78, 5) is 10.6. The maximum Gasteiger partial charge on any atom is 0.228 e. The van der Waals surface area contributed by atoms with Gasteiger partial charge in [0.15, 0.2) is 0 Å². The molecule has 0 aromatic carbocycles. The quantitative estimate of drug-likeness (QED) is 0.763. The first-order valence-electron chi connectivity index (χ1n) is 6.53. The number of aromatic nitrogens is 2. The average Bonchev–Trinajstić information content (AvgIpc) is 2.36. The van der Waals surface area contributed by atoms with Gasteiger partial charge in [-0.1, -0.05) is 20.8 Å². The molecule has 102 valence electrons. The van der Waals surface area contributed by atoms with Crippen LogP contribution in [0, 0.1) is 0 Å². The largest absolute Gasteiger partial charge is 0.478 e. The molecule has 0 saturated carbocycles. The molecular formula is C13H24N4O. The molecule has 5 heteroatoms. The van der Waals surface area contributed by atoms with E-state index in [1.807, 2.05) is 11.9 Å². The van der Waals surface area contributed by atoms with Gasteiger partial charge in [0, 0.05) is 38.4 Å². The lowest BCUT2D eigenvalue weighted by Gasteiger charge is -2.18. The van der Waals surface area contributed by atoms with Crippen molar-refractivity contribution in [2.75, 3.05) is 31.6 Å². The SMILES string of the molecule is CCCOc1ccnc(N(C)CCNC(C)C)n1. The Hall–Kier alpha value is -1.36. The summed E-state index contributed by atoms with van der Waals surface area (Å²) in [6.45, 7) is 8.82. The van der Waals surface area contributed by atoms with Crippen molar-refractivity contribution in [2.45, 2.75) is 33.2 Å². The Kier molecular flexibility index (Phi) is 6.43. The molecule has 0 amide bonds. The van der Waals surface area contributed by atoms with Gasteiger partial charge in [-0.05, 0) is 6.42 Å². The van der Waals surface area contributed by atoms with Crippen molar-refractivity contribution in [3.05, 3.63) is 12.3 Å². The summed E-state index contributed by atoms with van der Waals surface area (Å²) in [5.74, 6) is 1.35. The predicted molar refractivity (Wildman–Crippen MR) is 74.2 cm³/mol. The molecule has 0 spiro atoms. The Morgan fingerprint density at radius 2 is 2.22 bits per heavy atom. The maximum absolute atomic E-state index is 5.50. The number of anilines is 1. The lowest BCUT2D eigenvalue weighted by Crippen LogP contribution is -2.33. The van der Waals surface area contributed by atoms with E-state index >= 15 is 0 Å². The van der Waals surface area contributed by atoms with Gasteiger partial charge >= 0.3 is 0 Å². The van der Waals surface area contributed by atoms with E-state index in [2.05, 4.69) is 36.1 Å². The van der Waals surface area contributed by atoms with Crippen LogP contribution in [0.15, 0.2) is 12.3 Å². The van der Waals surface area contributed by atoms with Crippen molar-refractivity contribution in [3.8, 4) is 5.88 Å². The van der Waals surface area contributed by atoms with Crippen LogP contribution >= 0.6 is 0 Å². The standard InChI is InChI=1S/C13H24N4O/c1-5-10-18-12-6-7-15-13(16-12)17(4)9-8-14-11(2)3/h6-7,11,14H,5,8-10H2,1-4H3. The molecule has 0 saturated heterocycles. The lowest BCUT2D eigenvalue weighted by atomic mass is 10.4. The zero-order chi connectivity index (χ0) is 13.4. The highest BCUT2D eigenvalue weighted by atomic mass is 16.5. The van der Waals surface area contributed by atoms with Crippen molar-refractivity contribution in [1.82, 2.24) is 15.3 Å². The Bertz CT molecular complexity index is 344. The maximum atomic E-state index is 5.50. The molecule has 1 N–H and O–H groups in total. The van der Waals surface area contributed by atoms with E-state index in [4.69, 9.17) is 4.74 Å². The molecule has 1 heterocycles. The van der Waals surface area contributed by atoms with Crippen molar-refractivity contribution < 1.29 is 4.74 Å². The summed E-state index contributed by atoms with van der Waals surface area (Å²) in [5, 5.41) is 3.37. The fourth-order valence-electron chi connectivity index (χ4n) is 1.42. The van der Waals surface area contributed by atoms with Gasteiger partial charge in [-0.15, -0.1) is 0 Å². The summed E-state index contributed by atoms with van der Waals surface area (Å²) in [6.07, 6.45) is 2.72. The molecule has 0 bridgehead atoms. The molecule has 0 fully saturated rings. The summed E-state index contributed by atoms with van der Waals surface area (Å²) in [6, 6.07) is 2.29. The van der Waals surface area contributed by atoms with E-state index < -0.39 is 0 Å². The number of rotatable bonds is 8. The minimum Gasteiger partial charge on any atom is -0.478 e. The fraction of sp³-hybridized carbons (Fsp3) is 0.692. The zero-order valence-electron chi connectivity index (χ0n) is 11.8. The molecule has 0 aliphatic rings. The molecule has 1 rings (SSSR count). The molecule has 1 aromatic rings. The second-order valence-corrected chi connectivity index (χ2v) is 4.57. The van der Waals surface area contributed by atoms with Crippen LogP contribution in [0.2, 0.25) is 0 Å². The smallest absolute Gasteiger partial charge is 0.228 e. The average molecular weight is 252 g/mol. The number of ether oxygens (including phenoxy) is 1. The third-order valence-electron chi connectivity index (χ3n) is 2.41. The second-order valence-electron chi connectivity index (χ2n) is 4.57. The second kappa shape index (κ2) is 7.87. The molecule has 0 aliphatic carbocycles. The van der Waals surface area contributed by atoms with E-state index in [1.165, 1.54) is 0 Å². The van der Waals surface area contributed by atoms with Crippen LogP contribution in [-0.2, 0) is 0 Å². The normalized spacial score (nSPS) is 10.7. The third-order valence-corrected chi connectivity index (χ3v) is 2.41. The lowest BCUT2D eigenvalue weighted by molar-refractivity contribution is 0.305. The van der Waals surface area contributed by atoms with Crippen molar-refractivity contribution in [1.29, 1.82) is 0 Å². The van der Waals surface area contributed by atoms with Crippen LogP contribution in [-0.4, -0.2) is 42.8 Å². The van der Waals surface area contributed by atoms with Crippen molar-refractivity contribution >= 4 is 5.95 Å². The van der Waals surface area contributed by atoms with Gasteiger partial charge in [0.05, 0.1) is 6.61 Å². The van der Waals surface area contributed by atoms with Crippen molar-refractivity contribution in [2.24, 2.45) is 0 Å². The highest BCUT2D eigenvalue weighted by Gasteiger charge is 2.05. The van der Waals surface area contributed by atoms with Gasteiger partial charge in [0.1, 0.15) is 0 Å². The molecule has 18 heavy (non-hydrogen) atoms. The monoisotopic (exact) mass is 252 g/mol. The minimum atomic E-state index is 0.499. The number of likely N-dealkylation sites (N-methyl/N-ethyl adjacent to an activating group) is 1. The number of hydrogen-bond acceptors (Lipinski definition) is 5. The van der Waals surface area contributed by atoms with Crippen LogP contribution in [0.1, 0.15) is 27.2 Å². The first kappa shape index (κ1) is 14.7. The first-order chi connectivity index (χ1) is 8.63. The summed E-state index contributed by atoms with van der Waals surface area (Å²) in [7, 11) is 1.99. The molecule has 1 aromatic heterocycles. The molecule has 0 radical (unpaired) electrons. The van der Waals surface area contributed by atoms with Crippen LogP contribution in [0.25, 0.3) is 0 Å². The van der Waals surface area contributed by atoms with Crippen LogP contribution in [0.4, 0.5) is 5.95 Å². The molecule has 0 aliphatic heterocycles. The topological polar surface area (TPSA) is 50.3 Å². The predicted octanol–water partition coefficient (Wildman–Crippen LogP) is 1.70. The van der Waals surface area contributed by atoms with Crippen LogP contribution in [0.3, 0.4) is 0 Å². The van der Waals surface area contributed by atoms with Gasteiger partial charge in [0.25, 0.3) is 0 Å². The molecular weight excluding hydrogens is 228 g/mol. The number of nitrogens with zero attached hydrogens (tertiary/aromatic N) is 3. The fourth-order valence-corrected chi connectivity index (χ4v) is 1.42. The van der Waals surface area contributed by atoms with Crippen LogP contribution < -0.4 is 15.0 Å². The number of nitrogens with one attached hydrogen (secondary N) is 1. The van der Waals surface area contributed by atoms with Gasteiger partial charge in [-0.3, -0.25) is 0 Å². The molecule has 5 nitrogen and oxygen atoms in total. The molecule has 0 atom stereocenters. The van der Waals surface area contributed by atoms with Gasteiger partial charge in [-0.2, -0.15) is 4.98 Å². The number of hydrogen-bond donors (Lipinski definition) is 1. The highest BCUT2D eigenvalue weighted by molar-refractivity contribution is 5.30.